The zero-order valence-corrected chi connectivity index (χ0v) is 7.54. The lowest BCUT2D eigenvalue weighted by Crippen LogP contribution is -2.05. The molecule has 0 aliphatic carbocycles. The molecule has 0 aromatic heterocycles. The Morgan fingerprint density at radius 3 is 1.56 bits per heavy atom. The van der Waals surface area contributed by atoms with Gasteiger partial charge < -0.3 is 0 Å². The van der Waals surface area contributed by atoms with Crippen LogP contribution in [0.2, 0.25) is 0 Å². The average Bonchev–Trinajstić information content (AvgIpc) is 1.87. The van der Waals surface area contributed by atoms with E-state index in [2.05, 4.69) is 13.8 Å². The number of rotatable bonds is 4. The Morgan fingerprint density at radius 1 is 1.00 bits per heavy atom. The minimum Gasteiger partial charge on any atom is -0.123 e. The van der Waals surface area contributed by atoms with Crippen LogP contribution in [-0.4, -0.2) is 10.8 Å². The average molecular weight is 169 g/mol. The van der Waals surface area contributed by atoms with Crippen molar-refractivity contribution >= 4 is 23.2 Å². The van der Waals surface area contributed by atoms with Crippen molar-refractivity contribution < 1.29 is 0 Å². The van der Waals surface area contributed by atoms with Crippen LogP contribution in [0.25, 0.3) is 0 Å². The van der Waals surface area contributed by atoms with Crippen molar-refractivity contribution in [1.29, 1.82) is 0 Å². The number of halogens is 2. The first-order valence-corrected chi connectivity index (χ1v) is 4.36. The maximum absolute atomic E-state index is 5.85. The highest BCUT2D eigenvalue weighted by Crippen LogP contribution is 2.15. The largest absolute Gasteiger partial charge is 0.123 e. The second-order valence-corrected chi connectivity index (χ2v) is 3.48. The quantitative estimate of drug-likeness (QED) is 0.565. The minimum absolute atomic E-state index is 0.271. The standard InChI is InChI=1S/C7H14Cl2/c1-3-6(8)5-7(9)4-2/h6-7H,3-5H2,1-2H3/t6-,7-/m1/s1. The van der Waals surface area contributed by atoms with Crippen molar-refractivity contribution in [1.82, 2.24) is 0 Å². The van der Waals surface area contributed by atoms with Crippen LogP contribution in [0.4, 0.5) is 0 Å². The molecule has 0 aromatic rings. The van der Waals surface area contributed by atoms with E-state index in [1.54, 1.807) is 0 Å². The van der Waals surface area contributed by atoms with E-state index in [9.17, 15) is 0 Å². The lowest BCUT2D eigenvalue weighted by atomic mass is 10.1. The van der Waals surface area contributed by atoms with Crippen LogP contribution < -0.4 is 0 Å². The Hall–Kier alpha value is 0.580. The highest BCUT2D eigenvalue weighted by Gasteiger charge is 2.07. The summed E-state index contributed by atoms with van der Waals surface area (Å²) in [6.07, 6.45) is 2.98. The molecule has 0 bridgehead atoms. The molecule has 0 aliphatic heterocycles. The fraction of sp³-hybridized carbons (Fsp3) is 1.00. The summed E-state index contributed by atoms with van der Waals surface area (Å²) in [6, 6.07) is 0. The van der Waals surface area contributed by atoms with E-state index in [-0.39, 0.29) is 10.8 Å². The van der Waals surface area contributed by atoms with Gasteiger partial charge in [-0.15, -0.1) is 23.2 Å². The molecule has 0 nitrogen and oxygen atoms in total. The van der Waals surface area contributed by atoms with Gasteiger partial charge in [0.1, 0.15) is 0 Å². The van der Waals surface area contributed by atoms with Crippen LogP contribution in [0, 0.1) is 0 Å². The molecule has 56 valence electrons. The fourth-order valence-corrected chi connectivity index (χ4v) is 1.13. The van der Waals surface area contributed by atoms with Gasteiger partial charge in [0.25, 0.3) is 0 Å². The summed E-state index contributed by atoms with van der Waals surface area (Å²) >= 11 is 11.7. The van der Waals surface area contributed by atoms with Gasteiger partial charge in [0.15, 0.2) is 0 Å². The molecule has 0 radical (unpaired) electrons. The topological polar surface area (TPSA) is 0 Å². The smallest absolute Gasteiger partial charge is 0.0347 e. The van der Waals surface area contributed by atoms with Crippen LogP contribution in [0.1, 0.15) is 33.1 Å². The van der Waals surface area contributed by atoms with Crippen LogP contribution in [-0.2, 0) is 0 Å². The van der Waals surface area contributed by atoms with Gasteiger partial charge in [0.05, 0.1) is 0 Å². The monoisotopic (exact) mass is 168 g/mol. The van der Waals surface area contributed by atoms with Gasteiger partial charge in [-0.3, -0.25) is 0 Å². The normalized spacial score (nSPS) is 17.3. The van der Waals surface area contributed by atoms with E-state index < -0.39 is 0 Å². The number of alkyl halides is 2. The summed E-state index contributed by atoms with van der Waals surface area (Å²) in [5.74, 6) is 0. The molecule has 9 heavy (non-hydrogen) atoms. The lowest BCUT2D eigenvalue weighted by Gasteiger charge is -2.09. The Balaban J connectivity index is 3.22. The molecule has 2 atom stereocenters. The van der Waals surface area contributed by atoms with Crippen LogP contribution >= 0.6 is 23.2 Å². The zero-order valence-electron chi connectivity index (χ0n) is 6.03. The van der Waals surface area contributed by atoms with Crippen molar-refractivity contribution in [2.75, 3.05) is 0 Å². The molecule has 0 aromatic carbocycles. The van der Waals surface area contributed by atoms with Crippen molar-refractivity contribution in [3.63, 3.8) is 0 Å². The maximum atomic E-state index is 5.85. The molecule has 0 heterocycles. The van der Waals surface area contributed by atoms with Crippen LogP contribution in [0.15, 0.2) is 0 Å². The number of hydrogen-bond donors (Lipinski definition) is 0. The van der Waals surface area contributed by atoms with Crippen molar-refractivity contribution in [3.05, 3.63) is 0 Å². The van der Waals surface area contributed by atoms with E-state index in [0.29, 0.717) is 0 Å². The molecular weight excluding hydrogens is 155 g/mol. The third-order valence-corrected chi connectivity index (χ3v) is 2.37. The second kappa shape index (κ2) is 5.37. The minimum atomic E-state index is 0.271. The third-order valence-electron chi connectivity index (χ3n) is 1.40. The Morgan fingerprint density at radius 2 is 1.33 bits per heavy atom. The SMILES string of the molecule is CC[C@@H](Cl)C[C@H](Cl)CC. The summed E-state index contributed by atoms with van der Waals surface area (Å²) in [5.41, 5.74) is 0. The van der Waals surface area contributed by atoms with Crippen LogP contribution in [0.3, 0.4) is 0 Å². The Labute approximate surface area is 67.5 Å². The van der Waals surface area contributed by atoms with Gasteiger partial charge in [-0.1, -0.05) is 13.8 Å². The van der Waals surface area contributed by atoms with Gasteiger partial charge in [0, 0.05) is 10.8 Å². The Bertz CT molecular complexity index is 55.9. The maximum Gasteiger partial charge on any atom is 0.0347 e. The Kier molecular flexibility index (Phi) is 5.72. The fourth-order valence-electron chi connectivity index (χ4n) is 0.611. The van der Waals surface area contributed by atoms with Crippen molar-refractivity contribution in [2.45, 2.75) is 43.9 Å². The molecule has 0 amide bonds. The lowest BCUT2D eigenvalue weighted by molar-refractivity contribution is 0.671. The number of hydrogen-bond acceptors (Lipinski definition) is 0. The first kappa shape index (κ1) is 9.58. The molecule has 0 fully saturated rings. The third kappa shape index (κ3) is 5.05. The van der Waals surface area contributed by atoms with E-state index in [1.165, 1.54) is 0 Å². The summed E-state index contributed by atoms with van der Waals surface area (Å²) in [4.78, 5) is 0. The molecular formula is C7H14Cl2. The summed E-state index contributed by atoms with van der Waals surface area (Å²) in [7, 11) is 0. The first-order chi connectivity index (χ1) is 4.20. The predicted molar refractivity (Wildman–Crippen MR) is 44.5 cm³/mol. The van der Waals surface area contributed by atoms with E-state index in [0.717, 1.165) is 19.3 Å². The van der Waals surface area contributed by atoms with E-state index >= 15 is 0 Å². The van der Waals surface area contributed by atoms with E-state index in [4.69, 9.17) is 23.2 Å². The first-order valence-electron chi connectivity index (χ1n) is 3.48. The van der Waals surface area contributed by atoms with Gasteiger partial charge in [-0.2, -0.15) is 0 Å². The van der Waals surface area contributed by atoms with Gasteiger partial charge in [-0.05, 0) is 19.3 Å². The van der Waals surface area contributed by atoms with Crippen LogP contribution in [0.5, 0.6) is 0 Å². The molecule has 0 aliphatic rings. The summed E-state index contributed by atoms with van der Waals surface area (Å²) in [6.45, 7) is 4.16. The van der Waals surface area contributed by atoms with Crippen molar-refractivity contribution in [2.24, 2.45) is 0 Å². The summed E-state index contributed by atoms with van der Waals surface area (Å²) < 4.78 is 0. The molecule has 2 heteroatoms. The van der Waals surface area contributed by atoms with Gasteiger partial charge in [-0.25, -0.2) is 0 Å². The zero-order chi connectivity index (χ0) is 7.28. The van der Waals surface area contributed by atoms with E-state index in [1.807, 2.05) is 0 Å². The predicted octanol–water partition coefficient (Wildman–Crippen LogP) is 3.41. The van der Waals surface area contributed by atoms with Gasteiger partial charge in [0.2, 0.25) is 0 Å². The molecule has 0 spiro atoms. The molecule has 0 rings (SSSR count). The van der Waals surface area contributed by atoms with Gasteiger partial charge >= 0.3 is 0 Å². The highest BCUT2D eigenvalue weighted by molar-refractivity contribution is 6.23. The molecule has 0 saturated heterocycles. The van der Waals surface area contributed by atoms with Crippen molar-refractivity contribution in [3.8, 4) is 0 Å². The molecule has 0 N–H and O–H groups in total. The second-order valence-electron chi connectivity index (χ2n) is 2.25. The summed E-state index contributed by atoms with van der Waals surface area (Å²) in [5, 5.41) is 0.542. The molecule has 0 saturated carbocycles. The highest BCUT2D eigenvalue weighted by atomic mass is 35.5. The molecule has 0 unspecified atom stereocenters.